The summed E-state index contributed by atoms with van der Waals surface area (Å²) in [5.41, 5.74) is 1.07. The smallest absolute Gasteiger partial charge is 0.335 e. The van der Waals surface area contributed by atoms with Crippen molar-refractivity contribution in [3.8, 4) is 5.75 Å². The Labute approximate surface area is 122 Å². The van der Waals surface area contributed by atoms with Crippen LogP contribution >= 0.6 is 0 Å². The average Bonchev–Trinajstić information content (AvgIpc) is 2.53. The predicted molar refractivity (Wildman–Crippen MR) is 79.1 cm³/mol. The van der Waals surface area contributed by atoms with Crippen LogP contribution in [0.1, 0.15) is 20.7 Å². The second kappa shape index (κ2) is 6.09. The molecule has 108 valence electrons. The lowest BCUT2D eigenvalue weighted by molar-refractivity contribution is 0.0697. The normalized spacial score (nSPS) is 10.0. The number of carbonyl (C=O) groups is 2. The van der Waals surface area contributed by atoms with Gasteiger partial charge in [0.05, 0.1) is 12.7 Å². The van der Waals surface area contributed by atoms with Crippen molar-refractivity contribution in [2.75, 3.05) is 19.1 Å². The summed E-state index contributed by atoms with van der Waals surface area (Å²) in [6, 6.07) is 13.0. The molecule has 0 aromatic heterocycles. The Bertz CT molecular complexity index is 681. The fourth-order valence-corrected chi connectivity index (χ4v) is 1.92. The van der Waals surface area contributed by atoms with E-state index in [0.717, 1.165) is 0 Å². The van der Waals surface area contributed by atoms with Crippen molar-refractivity contribution in [3.05, 3.63) is 59.7 Å². The summed E-state index contributed by atoms with van der Waals surface area (Å²) in [5.74, 6) is -0.702. The molecule has 2 aromatic rings. The molecule has 0 unspecified atom stereocenters. The number of carboxylic acids is 1. The SMILES string of the molecule is COc1cccc(N(C)C(=O)c2cccc(C(=O)O)c2)c1. The Kier molecular flexibility index (Phi) is 4.23. The molecule has 5 heteroatoms. The third-order valence-corrected chi connectivity index (χ3v) is 3.10. The van der Waals surface area contributed by atoms with Gasteiger partial charge in [-0.05, 0) is 30.3 Å². The number of ether oxygens (including phenoxy) is 1. The molecule has 0 aliphatic rings. The van der Waals surface area contributed by atoms with Crippen LogP contribution in [0.4, 0.5) is 5.69 Å². The van der Waals surface area contributed by atoms with Crippen LogP contribution in [-0.2, 0) is 0 Å². The highest BCUT2D eigenvalue weighted by Gasteiger charge is 2.15. The molecule has 2 rings (SSSR count). The molecule has 1 N–H and O–H groups in total. The molecule has 2 aromatic carbocycles. The number of hydrogen-bond acceptors (Lipinski definition) is 3. The van der Waals surface area contributed by atoms with Crippen LogP contribution in [0.5, 0.6) is 5.75 Å². The van der Waals surface area contributed by atoms with Crippen molar-refractivity contribution in [1.82, 2.24) is 0 Å². The van der Waals surface area contributed by atoms with E-state index >= 15 is 0 Å². The van der Waals surface area contributed by atoms with Gasteiger partial charge in [0.1, 0.15) is 5.75 Å². The Balaban J connectivity index is 2.30. The van der Waals surface area contributed by atoms with Gasteiger partial charge in [0.2, 0.25) is 0 Å². The number of benzene rings is 2. The van der Waals surface area contributed by atoms with E-state index in [2.05, 4.69) is 0 Å². The minimum atomic E-state index is -1.06. The summed E-state index contributed by atoms with van der Waals surface area (Å²) in [4.78, 5) is 24.8. The van der Waals surface area contributed by atoms with Gasteiger partial charge in [-0.3, -0.25) is 4.79 Å². The van der Waals surface area contributed by atoms with E-state index in [1.165, 1.54) is 17.0 Å². The summed E-state index contributed by atoms with van der Waals surface area (Å²) < 4.78 is 5.13. The second-order valence-electron chi connectivity index (χ2n) is 4.45. The Morgan fingerprint density at radius 3 is 2.38 bits per heavy atom. The third-order valence-electron chi connectivity index (χ3n) is 3.10. The van der Waals surface area contributed by atoms with Gasteiger partial charge in [-0.25, -0.2) is 4.79 Å². The van der Waals surface area contributed by atoms with Crippen molar-refractivity contribution in [2.24, 2.45) is 0 Å². The summed E-state index contributed by atoms with van der Waals surface area (Å²) in [6.07, 6.45) is 0. The number of hydrogen-bond donors (Lipinski definition) is 1. The zero-order valence-corrected chi connectivity index (χ0v) is 11.7. The second-order valence-corrected chi connectivity index (χ2v) is 4.45. The summed E-state index contributed by atoms with van der Waals surface area (Å²) >= 11 is 0. The van der Waals surface area contributed by atoms with Crippen molar-refractivity contribution >= 4 is 17.6 Å². The van der Waals surface area contributed by atoms with Crippen LogP contribution in [0, 0.1) is 0 Å². The van der Waals surface area contributed by atoms with E-state index in [0.29, 0.717) is 17.0 Å². The summed E-state index contributed by atoms with van der Waals surface area (Å²) in [7, 11) is 3.18. The molecule has 0 saturated heterocycles. The lowest BCUT2D eigenvalue weighted by Crippen LogP contribution is -2.26. The Morgan fingerprint density at radius 2 is 1.71 bits per heavy atom. The van der Waals surface area contributed by atoms with Crippen molar-refractivity contribution in [1.29, 1.82) is 0 Å². The van der Waals surface area contributed by atoms with Crippen LogP contribution in [0.25, 0.3) is 0 Å². The van der Waals surface area contributed by atoms with Gasteiger partial charge in [-0.15, -0.1) is 0 Å². The van der Waals surface area contributed by atoms with E-state index in [-0.39, 0.29) is 11.5 Å². The highest BCUT2D eigenvalue weighted by atomic mass is 16.5. The molecule has 0 spiro atoms. The minimum Gasteiger partial charge on any atom is -0.497 e. The van der Waals surface area contributed by atoms with Crippen molar-refractivity contribution < 1.29 is 19.4 Å². The molecular weight excluding hydrogens is 270 g/mol. The fraction of sp³-hybridized carbons (Fsp3) is 0.125. The Hall–Kier alpha value is -2.82. The van der Waals surface area contributed by atoms with Gasteiger partial charge in [0.15, 0.2) is 0 Å². The maximum Gasteiger partial charge on any atom is 0.335 e. The van der Waals surface area contributed by atoms with Crippen LogP contribution in [0.2, 0.25) is 0 Å². The lowest BCUT2D eigenvalue weighted by Gasteiger charge is -2.18. The quantitative estimate of drug-likeness (QED) is 0.937. The first kappa shape index (κ1) is 14.6. The van der Waals surface area contributed by atoms with Gasteiger partial charge < -0.3 is 14.7 Å². The predicted octanol–water partition coefficient (Wildman–Crippen LogP) is 2.67. The van der Waals surface area contributed by atoms with Crippen molar-refractivity contribution in [3.63, 3.8) is 0 Å². The Morgan fingerprint density at radius 1 is 1.05 bits per heavy atom. The van der Waals surface area contributed by atoms with Crippen LogP contribution in [-0.4, -0.2) is 31.1 Å². The van der Waals surface area contributed by atoms with Gasteiger partial charge in [-0.2, -0.15) is 0 Å². The first-order valence-electron chi connectivity index (χ1n) is 6.28. The summed E-state index contributed by atoms with van der Waals surface area (Å²) in [6.45, 7) is 0. The number of amides is 1. The number of nitrogens with zero attached hydrogens (tertiary/aromatic N) is 1. The molecule has 0 aliphatic heterocycles. The number of carbonyl (C=O) groups excluding carboxylic acids is 1. The molecule has 1 amide bonds. The average molecular weight is 285 g/mol. The molecule has 5 nitrogen and oxygen atoms in total. The molecule has 0 bridgehead atoms. The number of rotatable bonds is 4. The number of anilines is 1. The summed E-state index contributed by atoms with van der Waals surface area (Å²) in [5, 5.41) is 8.97. The molecule has 0 heterocycles. The number of carboxylic acid groups (broad SMARTS) is 1. The van der Waals surface area contributed by atoms with Crippen molar-refractivity contribution in [2.45, 2.75) is 0 Å². The maximum atomic E-state index is 12.4. The van der Waals surface area contributed by atoms with E-state index in [4.69, 9.17) is 9.84 Å². The molecule has 0 radical (unpaired) electrons. The monoisotopic (exact) mass is 285 g/mol. The molecule has 21 heavy (non-hydrogen) atoms. The number of aromatic carboxylic acids is 1. The largest absolute Gasteiger partial charge is 0.497 e. The number of methoxy groups -OCH3 is 1. The standard InChI is InChI=1S/C16H15NO4/c1-17(13-7-4-8-14(10-13)21-2)15(18)11-5-3-6-12(9-11)16(19)20/h3-10H,1-2H3,(H,19,20). The van der Waals surface area contributed by atoms with E-state index in [1.807, 2.05) is 0 Å². The van der Waals surface area contributed by atoms with Crippen LogP contribution in [0.3, 0.4) is 0 Å². The van der Waals surface area contributed by atoms with Gasteiger partial charge >= 0.3 is 5.97 Å². The molecule has 0 aliphatic carbocycles. The first-order chi connectivity index (χ1) is 10.0. The minimum absolute atomic E-state index is 0.0832. The van der Waals surface area contributed by atoms with Gasteiger partial charge in [0, 0.05) is 24.4 Å². The molecule has 0 saturated carbocycles. The van der Waals surface area contributed by atoms with Gasteiger partial charge in [-0.1, -0.05) is 12.1 Å². The highest BCUT2D eigenvalue weighted by Crippen LogP contribution is 2.21. The van der Waals surface area contributed by atoms with E-state index in [1.54, 1.807) is 50.6 Å². The lowest BCUT2D eigenvalue weighted by atomic mass is 10.1. The van der Waals surface area contributed by atoms with E-state index < -0.39 is 5.97 Å². The maximum absolute atomic E-state index is 12.4. The molecule has 0 fully saturated rings. The zero-order chi connectivity index (χ0) is 15.4. The topological polar surface area (TPSA) is 66.8 Å². The fourth-order valence-electron chi connectivity index (χ4n) is 1.92. The zero-order valence-electron chi connectivity index (χ0n) is 11.7. The third kappa shape index (κ3) is 3.20. The van der Waals surface area contributed by atoms with Gasteiger partial charge in [0.25, 0.3) is 5.91 Å². The van der Waals surface area contributed by atoms with Crippen LogP contribution in [0.15, 0.2) is 48.5 Å². The van der Waals surface area contributed by atoms with E-state index in [9.17, 15) is 9.59 Å². The molecular formula is C16H15NO4. The highest BCUT2D eigenvalue weighted by molar-refractivity contribution is 6.06. The molecule has 0 atom stereocenters. The van der Waals surface area contributed by atoms with Crippen LogP contribution < -0.4 is 9.64 Å². The first-order valence-corrected chi connectivity index (χ1v) is 6.28.